The molecule has 1 aliphatic carbocycles. The van der Waals surface area contributed by atoms with Crippen LogP contribution in [0, 0.1) is 0 Å². The van der Waals surface area contributed by atoms with Gasteiger partial charge in [-0.25, -0.2) is 0 Å². The SMILES string of the molecule is C1=CCCC(N2CCCC2)=C1. The Morgan fingerprint density at radius 3 is 2.64 bits per heavy atom. The third-order valence-electron chi connectivity index (χ3n) is 2.50. The maximum atomic E-state index is 2.53. The summed E-state index contributed by atoms with van der Waals surface area (Å²) in [5.74, 6) is 0. The quantitative estimate of drug-likeness (QED) is 0.553. The van der Waals surface area contributed by atoms with E-state index in [9.17, 15) is 0 Å². The molecule has 0 bridgehead atoms. The number of hydrogen-bond donors (Lipinski definition) is 0. The van der Waals surface area contributed by atoms with Crippen molar-refractivity contribution in [3.63, 3.8) is 0 Å². The second-order valence-corrected chi connectivity index (χ2v) is 3.32. The number of nitrogens with zero attached hydrogens (tertiary/aromatic N) is 1. The van der Waals surface area contributed by atoms with Crippen molar-refractivity contribution >= 4 is 0 Å². The van der Waals surface area contributed by atoms with Gasteiger partial charge in [0, 0.05) is 18.8 Å². The molecule has 0 aromatic carbocycles. The fourth-order valence-electron chi connectivity index (χ4n) is 1.86. The Morgan fingerprint density at radius 2 is 2.00 bits per heavy atom. The molecule has 1 heteroatoms. The lowest BCUT2D eigenvalue weighted by atomic mass is 10.1. The molecule has 0 radical (unpaired) electrons. The Morgan fingerprint density at radius 1 is 1.18 bits per heavy atom. The van der Waals surface area contributed by atoms with Crippen molar-refractivity contribution in [3.05, 3.63) is 23.9 Å². The highest BCUT2D eigenvalue weighted by molar-refractivity contribution is 5.17. The maximum absolute atomic E-state index is 2.53. The van der Waals surface area contributed by atoms with Gasteiger partial charge in [0.1, 0.15) is 0 Å². The van der Waals surface area contributed by atoms with Gasteiger partial charge in [0.2, 0.25) is 0 Å². The smallest absolute Gasteiger partial charge is 0.0175 e. The number of rotatable bonds is 1. The molecule has 0 aromatic heterocycles. The van der Waals surface area contributed by atoms with E-state index >= 15 is 0 Å². The molecule has 2 aliphatic rings. The Hall–Kier alpha value is -0.720. The van der Waals surface area contributed by atoms with Crippen molar-refractivity contribution in [1.82, 2.24) is 4.90 Å². The first kappa shape index (κ1) is 6.96. The van der Waals surface area contributed by atoms with Crippen LogP contribution in [0.4, 0.5) is 0 Å². The van der Waals surface area contributed by atoms with Crippen LogP contribution in [-0.4, -0.2) is 18.0 Å². The predicted octanol–water partition coefficient (Wildman–Crippen LogP) is 2.32. The minimum atomic E-state index is 1.24. The highest BCUT2D eigenvalue weighted by Gasteiger charge is 2.14. The van der Waals surface area contributed by atoms with E-state index in [0.29, 0.717) is 0 Å². The van der Waals surface area contributed by atoms with Crippen LogP contribution in [-0.2, 0) is 0 Å². The van der Waals surface area contributed by atoms with Gasteiger partial charge in [0.15, 0.2) is 0 Å². The van der Waals surface area contributed by atoms with Gasteiger partial charge in [0.25, 0.3) is 0 Å². The van der Waals surface area contributed by atoms with E-state index in [1.807, 2.05) is 0 Å². The summed E-state index contributed by atoms with van der Waals surface area (Å²) in [5.41, 5.74) is 1.56. The zero-order valence-electron chi connectivity index (χ0n) is 6.92. The Bertz CT molecular complexity index is 185. The lowest BCUT2D eigenvalue weighted by Gasteiger charge is -2.22. The van der Waals surface area contributed by atoms with Crippen molar-refractivity contribution in [1.29, 1.82) is 0 Å². The van der Waals surface area contributed by atoms with Crippen LogP contribution in [0.25, 0.3) is 0 Å². The van der Waals surface area contributed by atoms with Crippen LogP contribution in [0.5, 0.6) is 0 Å². The molecular weight excluding hydrogens is 134 g/mol. The van der Waals surface area contributed by atoms with Gasteiger partial charge in [0.05, 0.1) is 0 Å². The minimum Gasteiger partial charge on any atom is -0.375 e. The summed E-state index contributed by atoms with van der Waals surface area (Å²) >= 11 is 0. The lowest BCUT2D eigenvalue weighted by Crippen LogP contribution is -2.18. The van der Waals surface area contributed by atoms with Gasteiger partial charge >= 0.3 is 0 Å². The van der Waals surface area contributed by atoms with Gasteiger partial charge < -0.3 is 4.90 Å². The van der Waals surface area contributed by atoms with Crippen molar-refractivity contribution in [2.45, 2.75) is 25.7 Å². The molecule has 60 valence electrons. The van der Waals surface area contributed by atoms with E-state index < -0.39 is 0 Å². The normalized spacial score (nSPS) is 24.0. The van der Waals surface area contributed by atoms with Crippen LogP contribution < -0.4 is 0 Å². The van der Waals surface area contributed by atoms with Gasteiger partial charge in [-0.3, -0.25) is 0 Å². The molecular formula is C10H15N. The molecule has 0 N–H and O–H groups in total. The minimum absolute atomic E-state index is 1.24. The van der Waals surface area contributed by atoms with E-state index in [1.54, 1.807) is 5.70 Å². The standard InChI is InChI=1S/C10H15N/c1-2-6-10(7-3-1)11-8-4-5-9-11/h1-2,6H,3-5,7-9H2. The van der Waals surface area contributed by atoms with Gasteiger partial charge in [-0.1, -0.05) is 12.2 Å². The van der Waals surface area contributed by atoms with E-state index in [-0.39, 0.29) is 0 Å². The molecule has 2 rings (SSSR count). The number of hydrogen-bond acceptors (Lipinski definition) is 1. The van der Waals surface area contributed by atoms with E-state index in [4.69, 9.17) is 0 Å². The number of allylic oxidation sites excluding steroid dienone is 4. The molecule has 0 unspecified atom stereocenters. The Labute approximate surface area is 68.4 Å². The molecule has 0 aromatic rings. The molecule has 1 fully saturated rings. The zero-order valence-corrected chi connectivity index (χ0v) is 6.92. The molecule has 1 aliphatic heterocycles. The first-order valence-corrected chi connectivity index (χ1v) is 4.57. The highest BCUT2D eigenvalue weighted by atomic mass is 15.1. The molecule has 0 spiro atoms. The molecule has 11 heavy (non-hydrogen) atoms. The molecule has 1 saturated heterocycles. The fourth-order valence-corrected chi connectivity index (χ4v) is 1.86. The Balaban J connectivity index is 2.02. The van der Waals surface area contributed by atoms with Crippen LogP contribution in [0.3, 0.4) is 0 Å². The number of likely N-dealkylation sites (tertiary alicyclic amines) is 1. The molecule has 0 saturated carbocycles. The molecule has 0 amide bonds. The third kappa shape index (κ3) is 1.47. The fraction of sp³-hybridized carbons (Fsp3) is 0.600. The predicted molar refractivity (Wildman–Crippen MR) is 47.3 cm³/mol. The summed E-state index contributed by atoms with van der Waals surface area (Å²) in [6.45, 7) is 2.58. The van der Waals surface area contributed by atoms with Gasteiger partial charge in [-0.05, 0) is 31.8 Å². The second-order valence-electron chi connectivity index (χ2n) is 3.32. The topological polar surface area (TPSA) is 3.24 Å². The molecule has 1 nitrogen and oxygen atoms in total. The largest absolute Gasteiger partial charge is 0.375 e. The maximum Gasteiger partial charge on any atom is 0.0175 e. The molecule has 0 atom stereocenters. The van der Waals surface area contributed by atoms with Gasteiger partial charge in [-0.2, -0.15) is 0 Å². The van der Waals surface area contributed by atoms with Crippen LogP contribution in [0.1, 0.15) is 25.7 Å². The Kier molecular flexibility index (Phi) is 1.97. The second kappa shape index (κ2) is 3.12. The lowest BCUT2D eigenvalue weighted by molar-refractivity contribution is 0.408. The van der Waals surface area contributed by atoms with Crippen molar-refractivity contribution in [2.75, 3.05) is 13.1 Å². The van der Waals surface area contributed by atoms with Crippen molar-refractivity contribution < 1.29 is 0 Å². The van der Waals surface area contributed by atoms with Crippen LogP contribution in [0.2, 0.25) is 0 Å². The average Bonchev–Trinajstić information content (AvgIpc) is 2.58. The first-order valence-electron chi connectivity index (χ1n) is 4.57. The van der Waals surface area contributed by atoms with E-state index in [2.05, 4.69) is 23.1 Å². The van der Waals surface area contributed by atoms with Crippen molar-refractivity contribution in [3.8, 4) is 0 Å². The first-order chi connectivity index (χ1) is 5.47. The monoisotopic (exact) mass is 149 g/mol. The molecule has 1 heterocycles. The van der Waals surface area contributed by atoms with Gasteiger partial charge in [-0.15, -0.1) is 0 Å². The summed E-state index contributed by atoms with van der Waals surface area (Å²) in [5, 5.41) is 0. The van der Waals surface area contributed by atoms with E-state index in [0.717, 1.165) is 0 Å². The summed E-state index contributed by atoms with van der Waals surface area (Å²) < 4.78 is 0. The summed E-state index contributed by atoms with van der Waals surface area (Å²) in [7, 11) is 0. The third-order valence-corrected chi connectivity index (χ3v) is 2.50. The summed E-state index contributed by atoms with van der Waals surface area (Å²) in [6.07, 6.45) is 12.0. The van der Waals surface area contributed by atoms with Crippen LogP contribution in [0.15, 0.2) is 23.9 Å². The summed E-state index contributed by atoms with van der Waals surface area (Å²) in [6, 6.07) is 0. The van der Waals surface area contributed by atoms with Crippen LogP contribution >= 0.6 is 0 Å². The summed E-state index contributed by atoms with van der Waals surface area (Å²) in [4.78, 5) is 2.53. The zero-order chi connectivity index (χ0) is 7.52. The van der Waals surface area contributed by atoms with Crippen molar-refractivity contribution in [2.24, 2.45) is 0 Å². The average molecular weight is 149 g/mol. The highest BCUT2D eigenvalue weighted by Crippen LogP contribution is 2.20. The van der Waals surface area contributed by atoms with E-state index in [1.165, 1.54) is 38.8 Å².